The Labute approximate surface area is 126 Å². The number of aromatic hydroxyl groups is 1. The second-order valence-electron chi connectivity index (χ2n) is 6.81. The Morgan fingerprint density at radius 1 is 1.19 bits per heavy atom. The molecule has 1 unspecified atom stereocenters. The molecule has 1 aromatic rings. The van der Waals surface area contributed by atoms with Crippen molar-refractivity contribution >= 4 is 0 Å². The van der Waals surface area contributed by atoms with E-state index in [1.807, 2.05) is 6.92 Å². The normalized spacial score (nSPS) is 21.4. The van der Waals surface area contributed by atoms with Crippen LogP contribution in [0.5, 0.6) is 5.75 Å². The summed E-state index contributed by atoms with van der Waals surface area (Å²) >= 11 is 0. The predicted molar refractivity (Wildman–Crippen MR) is 82.7 cm³/mol. The lowest BCUT2D eigenvalue weighted by Gasteiger charge is -2.30. The van der Waals surface area contributed by atoms with Gasteiger partial charge in [-0.1, -0.05) is 26.2 Å². The van der Waals surface area contributed by atoms with Gasteiger partial charge in [-0.2, -0.15) is 0 Å². The van der Waals surface area contributed by atoms with Gasteiger partial charge < -0.3 is 9.52 Å². The Morgan fingerprint density at radius 3 is 2.43 bits per heavy atom. The van der Waals surface area contributed by atoms with Crippen LogP contribution in [-0.4, -0.2) is 5.11 Å². The average molecular weight is 290 g/mol. The van der Waals surface area contributed by atoms with Crippen LogP contribution in [0.3, 0.4) is 0 Å². The SMILES string of the molecule is CCCc1cc(O)c(C(C2CCCCC2)C2CC2)c(=O)o1. The van der Waals surface area contributed by atoms with Crippen molar-refractivity contribution in [2.45, 2.75) is 70.6 Å². The highest BCUT2D eigenvalue weighted by atomic mass is 16.4. The second-order valence-corrected chi connectivity index (χ2v) is 6.81. The molecule has 1 N–H and O–H groups in total. The highest BCUT2D eigenvalue weighted by Crippen LogP contribution is 2.51. The van der Waals surface area contributed by atoms with Gasteiger partial charge in [0, 0.05) is 18.4 Å². The standard InChI is InChI=1S/C18H26O3/c1-2-6-14-11-15(19)17(18(20)21-14)16(13-9-10-13)12-7-4-3-5-8-12/h11-13,16,19H,2-10H2,1H3. The van der Waals surface area contributed by atoms with Gasteiger partial charge in [-0.05, 0) is 43.9 Å². The molecule has 1 heterocycles. The zero-order valence-corrected chi connectivity index (χ0v) is 12.9. The Hall–Kier alpha value is -1.25. The zero-order chi connectivity index (χ0) is 14.8. The molecule has 1 atom stereocenters. The summed E-state index contributed by atoms with van der Waals surface area (Å²) in [5.41, 5.74) is 0.283. The van der Waals surface area contributed by atoms with Gasteiger partial charge in [-0.15, -0.1) is 0 Å². The molecule has 0 bridgehead atoms. The van der Waals surface area contributed by atoms with Crippen molar-refractivity contribution in [3.8, 4) is 5.75 Å². The molecule has 2 aliphatic carbocycles. The third-order valence-electron chi connectivity index (χ3n) is 5.13. The van der Waals surface area contributed by atoms with Gasteiger partial charge in [0.15, 0.2) is 0 Å². The van der Waals surface area contributed by atoms with Crippen LogP contribution >= 0.6 is 0 Å². The molecule has 3 rings (SSSR count). The molecule has 0 radical (unpaired) electrons. The number of rotatable bonds is 5. The molecule has 3 nitrogen and oxygen atoms in total. The van der Waals surface area contributed by atoms with Crippen molar-refractivity contribution < 1.29 is 9.52 Å². The van der Waals surface area contributed by atoms with Crippen LogP contribution in [0.1, 0.15) is 75.5 Å². The van der Waals surface area contributed by atoms with Crippen molar-refractivity contribution in [3.63, 3.8) is 0 Å². The maximum absolute atomic E-state index is 12.4. The van der Waals surface area contributed by atoms with Crippen LogP contribution < -0.4 is 5.63 Å². The molecule has 2 saturated carbocycles. The van der Waals surface area contributed by atoms with Gasteiger partial charge >= 0.3 is 5.63 Å². The van der Waals surface area contributed by atoms with Crippen LogP contribution in [-0.2, 0) is 6.42 Å². The molecule has 116 valence electrons. The molecule has 2 aliphatic rings. The highest BCUT2D eigenvalue weighted by Gasteiger charge is 2.41. The van der Waals surface area contributed by atoms with Gasteiger partial charge in [0.2, 0.25) is 0 Å². The molecule has 1 aromatic heterocycles. The van der Waals surface area contributed by atoms with E-state index in [1.54, 1.807) is 6.07 Å². The van der Waals surface area contributed by atoms with Crippen molar-refractivity contribution in [1.29, 1.82) is 0 Å². The van der Waals surface area contributed by atoms with Gasteiger partial charge in [0.05, 0.1) is 5.56 Å². The van der Waals surface area contributed by atoms with Crippen molar-refractivity contribution in [2.75, 3.05) is 0 Å². The monoisotopic (exact) mass is 290 g/mol. The van der Waals surface area contributed by atoms with E-state index in [4.69, 9.17) is 4.42 Å². The van der Waals surface area contributed by atoms with Crippen LogP contribution in [0.4, 0.5) is 0 Å². The van der Waals surface area contributed by atoms with Crippen LogP contribution in [0, 0.1) is 11.8 Å². The predicted octanol–water partition coefficient (Wildman–Crippen LogP) is 4.37. The fourth-order valence-electron chi connectivity index (χ4n) is 4.02. The first-order valence-electron chi connectivity index (χ1n) is 8.56. The van der Waals surface area contributed by atoms with E-state index in [0.29, 0.717) is 29.6 Å². The second kappa shape index (κ2) is 6.25. The summed E-state index contributed by atoms with van der Waals surface area (Å²) < 4.78 is 5.46. The molecule has 0 aromatic carbocycles. The minimum Gasteiger partial charge on any atom is -0.507 e. The van der Waals surface area contributed by atoms with E-state index in [0.717, 1.165) is 6.42 Å². The quantitative estimate of drug-likeness (QED) is 0.876. The highest BCUT2D eigenvalue weighted by molar-refractivity contribution is 5.35. The van der Waals surface area contributed by atoms with Crippen molar-refractivity contribution in [2.24, 2.45) is 11.8 Å². The smallest absolute Gasteiger partial charge is 0.343 e. The molecule has 0 amide bonds. The topological polar surface area (TPSA) is 50.4 Å². The molecule has 2 fully saturated rings. The molecule has 0 aliphatic heterocycles. The third-order valence-corrected chi connectivity index (χ3v) is 5.13. The summed E-state index contributed by atoms with van der Waals surface area (Å²) in [6.45, 7) is 2.04. The first-order chi connectivity index (χ1) is 10.2. The maximum Gasteiger partial charge on any atom is 0.343 e. The minimum absolute atomic E-state index is 0.178. The Bertz CT molecular complexity index is 536. The minimum atomic E-state index is -0.291. The summed E-state index contributed by atoms with van der Waals surface area (Å²) in [4.78, 5) is 12.4. The maximum atomic E-state index is 12.4. The van der Waals surface area contributed by atoms with E-state index in [2.05, 4.69) is 0 Å². The number of aryl methyl sites for hydroxylation is 1. The van der Waals surface area contributed by atoms with Crippen LogP contribution in [0.15, 0.2) is 15.3 Å². The Balaban J connectivity index is 1.93. The molecular formula is C18H26O3. The lowest BCUT2D eigenvalue weighted by Crippen LogP contribution is -2.24. The average Bonchev–Trinajstić information content (AvgIpc) is 3.28. The van der Waals surface area contributed by atoms with E-state index in [-0.39, 0.29) is 17.3 Å². The van der Waals surface area contributed by atoms with E-state index in [9.17, 15) is 9.90 Å². The first kappa shape index (κ1) is 14.7. The summed E-state index contributed by atoms with van der Waals surface area (Å²) in [7, 11) is 0. The van der Waals surface area contributed by atoms with Gasteiger partial charge in [0.25, 0.3) is 0 Å². The lowest BCUT2D eigenvalue weighted by molar-refractivity contribution is 0.271. The third kappa shape index (κ3) is 3.17. The number of hydrogen-bond donors (Lipinski definition) is 1. The van der Waals surface area contributed by atoms with Gasteiger partial charge in [-0.25, -0.2) is 4.79 Å². The summed E-state index contributed by atoms with van der Waals surface area (Å²) in [6, 6.07) is 1.68. The summed E-state index contributed by atoms with van der Waals surface area (Å²) in [5, 5.41) is 10.4. The lowest BCUT2D eigenvalue weighted by atomic mass is 9.74. The molecule has 21 heavy (non-hydrogen) atoms. The van der Waals surface area contributed by atoms with E-state index < -0.39 is 0 Å². The van der Waals surface area contributed by atoms with E-state index in [1.165, 1.54) is 44.9 Å². The van der Waals surface area contributed by atoms with E-state index >= 15 is 0 Å². The fraction of sp³-hybridized carbons (Fsp3) is 0.722. The summed E-state index contributed by atoms with van der Waals surface area (Å²) in [5.74, 6) is 2.15. The van der Waals surface area contributed by atoms with Gasteiger partial charge in [0.1, 0.15) is 11.5 Å². The van der Waals surface area contributed by atoms with Crippen LogP contribution in [0.25, 0.3) is 0 Å². The van der Waals surface area contributed by atoms with Gasteiger partial charge in [-0.3, -0.25) is 0 Å². The van der Waals surface area contributed by atoms with Crippen LogP contribution in [0.2, 0.25) is 0 Å². The largest absolute Gasteiger partial charge is 0.507 e. The number of hydrogen-bond acceptors (Lipinski definition) is 3. The molecular weight excluding hydrogens is 264 g/mol. The zero-order valence-electron chi connectivity index (χ0n) is 12.9. The Morgan fingerprint density at radius 2 is 1.86 bits per heavy atom. The first-order valence-corrected chi connectivity index (χ1v) is 8.56. The molecule has 0 saturated heterocycles. The Kier molecular flexibility index (Phi) is 4.37. The molecule has 3 heteroatoms. The van der Waals surface area contributed by atoms with Crippen molar-refractivity contribution in [3.05, 3.63) is 27.8 Å². The van der Waals surface area contributed by atoms with Crippen molar-refractivity contribution in [1.82, 2.24) is 0 Å². The fourth-order valence-corrected chi connectivity index (χ4v) is 4.02. The molecule has 0 spiro atoms. The summed E-state index contributed by atoms with van der Waals surface area (Å²) in [6.07, 6.45) is 10.2.